The highest BCUT2D eigenvalue weighted by Gasteiger charge is 2.05. The van der Waals surface area contributed by atoms with Crippen LogP contribution in [0.3, 0.4) is 0 Å². The molecule has 0 unspecified atom stereocenters. The molecule has 4 nitrogen and oxygen atoms in total. The van der Waals surface area contributed by atoms with Gasteiger partial charge < -0.3 is 10.6 Å². The predicted octanol–water partition coefficient (Wildman–Crippen LogP) is 3.85. The molecule has 0 aliphatic heterocycles. The van der Waals surface area contributed by atoms with Crippen molar-refractivity contribution in [1.82, 2.24) is 0 Å². The van der Waals surface area contributed by atoms with Gasteiger partial charge in [-0.3, -0.25) is 9.59 Å². The smallest absolute Gasteiger partial charge is 0.221 e. The van der Waals surface area contributed by atoms with Crippen LogP contribution in [-0.2, 0) is 4.79 Å². The fraction of sp³-hybridized carbons (Fsp3) is 0.111. The molecule has 0 saturated carbocycles. The Kier molecular flexibility index (Phi) is 4.73. The summed E-state index contributed by atoms with van der Waals surface area (Å²) in [7, 11) is 0. The Morgan fingerprint density at radius 2 is 1.77 bits per heavy atom. The zero-order chi connectivity index (χ0) is 16.1. The molecule has 1 amide bonds. The first kappa shape index (κ1) is 15.5. The SMILES string of the molecule is C=C(Nc1ccc(C)cc1C=O)c1ccc(NC(C)=O)cc1. The average molecular weight is 294 g/mol. The number of aldehydes is 1. The zero-order valence-corrected chi connectivity index (χ0v) is 12.6. The molecule has 2 rings (SSSR count). The van der Waals surface area contributed by atoms with Crippen LogP contribution in [0.25, 0.3) is 5.70 Å². The lowest BCUT2D eigenvalue weighted by Gasteiger charge is -2.13. The van der Waals surface area contributed by atoms with Gasteiger partial charge in [0.2, 0.25) is 5.91 Å². The number of nitrogens with one attached hydrogen (secondary N) is 2. The molecule has 22 heavy (non-hydrogen) atoms. The molecular weight excluding hydrogens is 276 g/mol. The molecule has 0 heterocycles. The zero-order valence-electron chi connectivity index (χ0n) is 12.6. The lowest BCUT2D eigenvalue weighted by molar-refractivity contribution is -0.114. The lowest BCUT2D eigenvalue weighted by atomic mass is 10.1. The molecule has 0 bridgehead atoms. The number of hydrogen-bond donors (Lipinski definition) is 2. The van der Waals surface area contributed by atoms with E-state index in [4.69, 9.17) is 0 Å². The molecule has 2 N–H and O–H groups in total. The molecule has 0 saturated heterocycles. The van der Waals surface area contributed by atoms with Gasteiger partial charge in [0, 0.05) is 29.6 Å². The largest absolute Gasteiger partial charge is 0.355 e. The fourth-order valence-electron chi connectivity index (χ4n) is 2.09. The first-order valence-corrected chi connectivity index (χ1v) is 6.89. The molecule has 2 aromatic carbocycles. The van der Waals surface area contributed by atoms with Gasteiger partial charge in [0.15, 0.2) is 6.29 Å². The van der Waals surface area contributed by atoms with Crippen LogP contribution in [0.15, 0.2) is 49.0 Å². The Hall–Kier alpha value is -2.88. The summed E-state index contributed by atoms with van der Waals surface area (Å²) >= 11 is 0. The monoisotopic (exact) mass is 294 g/mol. The normalized spacial score (nSPS) is 9.91. The van der Waals surface area contributed by atoms with Crippen LogP contribution in [0.2, 0.25) is 0 Å². The van der Waals surface area contributed by atoms with Gasteiger partial charge in [0.05, 0.1) is 0 Å². The second-order valence-corrected chi connectivity index (χ2v) is 5.07. The lowest BCUT2D eigenvalue weighted by Crippen LogP contribution is -2.06. The van der Waals surface area contributed by atoms with Crippen LogP contribution >= 0.6 is 0 Å². The third-order valence-electron chi connectivity index (χ3n) is 3.17. The van der Waals surface area contributed by atoms with Crippen molar-refractivity contribution in [1.29, 1.82) is 0 Å². The second-order valence-electron chi connectivity index (χ2n) is 5.07. The molecule has 0 spiro atoms. The highest BCUT2D eigenvalue weighted by atomic mass is 16.1. The van der Waals surface area contributed by atoms with E-state index in [0.29, 0.717) is 11.3 Å². The number of rotatable bonds is 5. The Morgan fingerprint density at radius 1 is 1.09 bits per heavy atom. The maximum atomic E-state index is 11.1. The molecule has 0 radical (unpaired) electrons. The third-order valence-corrected chi connectivity index (χ3v) is 3.17. The Morgan fingerprint density at radius 3 is 2.36 bits per heavy atom. The maximum absolute atomic E-state index is 11.1. The van der Waals surface area contributed by atoms with Gasteiger partial charge in [0.1, 0.15) is 0 Å². The summed E-state index contributed by atoms with van der Waals surface area (Å²) in [6.07, 6.45) is 0.822. The summed E-state index contributed by atoms with van der Waals surface area (Å²) in [5.41, 5.74) is 4.63. The van der Waals surface area contributed by atoms with Crippen molar-refractivity contribution in [3.05, 3.63) is 65.7 Å². The predicted molar refractivity (Wildman–Crippen MR) is 90.0 cm³/mol. The minimum atomic E-state index is -0.111. The maximum Gasteiger partial charge on any atom is 0.221 e. The Labute approximate surface area is 129 Å². The van der Waals surface area contributed by atoms with E-state index in [2.05, 4.69) is 17.2 Å². The van der Waals surface area contributed by atoms with Crippen LogP contribution in [0.1, 0.15) is 28.4 Å². The summed E-state index contributed by atoms with van der Waals surface area (Å²) < 4.78 is 0. The molecule has 0 aliphatic rings. The number of anilines is 2. The van der Waals surface area contributed by atoms with Crippen molar-refractivity contribution in [2.24, 2.45) is 0 Å². The van der Waals surface area contributed by atoms with E-state index < -0.39 is 0 Å². The number of carbonyl (C=O) groups is 2. The second kappa shape index (κ2) is 6.72. The standard InChI is InChI=1S/C18H18N2O2/c1-12-4-9-18(16(10-12)11-21)19-13(2)15-5-7-17(8-6-15)20-14(3)22/h4-11,19H,2H2,1,3H3,(H,20,22). The van der Waals surface area contributed by atoms with Crippen molar-refractivity contribution in [2.45, 2.75) is 13.8 Å². The van der Waals surface area contributed by atoms with Crippen molar-refractivity contribution in [2.75, 3.05) is 10.6 Å². The molecule has 0 aliphatic carbocycles. The van der Waals surface area contributed by atoms with Crippen LogP contribution < -0.4 is 10.6 Å². The Bertz CT molecular complexity index is 718. The fourth-order valence-corrected chi connectivity index (χ4v) is 2.09. The highest BCUT2D eigenvalue weighted by molar-refractivity contribution is 5.90. The van der Waals surface area contributed by atoms with Gasteiger partial charge in [-0.25, -0.2) is 0 Å². The molecule has 0 fully saturated rings. The number of aryl methyl sites for hydroxylation is 1. The minimum absolute atomic E-state index is 0.111. The molecule has 112 valence electrons. The molecule has 0 aromatic heterocycles. The van der Waals surface area contributed by atoms with Gasteiger partial charge >= 0.3 is 0 Å². The van der Waals surface area contributed by atoms with E-state index in [1.807, 2.05) is 37.3 Å². The van der Waals surface area contributed by atoms with E-state index in [-0.39, 0.29) is 5.91 Å². The summed E-state index contributed by atoms with van der Waals surface area (Å²) in [5, 5.41) is 5.86. The first-order chi connectivity index (χ1) is 10.5. The number of amides is 1. The van der Waals surface area contributed by atoms with Crippen LogP contribution in [0.5, 0.6) is 0 Å². The van der Waals surface area contributed by atoms with Gasteiger partial charge in [-0.15, -0.1) is 0 Å². The van der Waals surface area contributed by atoms with Crippen molar-refractivity contribution in [3.63, 3.8) is 0 Å². The van der Waals surface area contributed by atoms with Crippen molar-refractivity contribution in [3.8, 4) is 0 Å². The minimum Gasteiger partial charge on any atom is -0.355 e. The van der Waals surface area contributed by atoms with Gasteiger partial charge in [0.25, 0.3) is 0 Å². The molecule has 0 atom stereocenters. The topological polar surface area (TPSA) is 58.2 Å². The van der Waals surface area contributed by atoms with Crippen LogP contribution in [-0.4, -0.2) is 12.2 Å². The summed E-state index contributed by atoms with van der Waals surface area (Å²) in [6, 6.07) is 12.9. The summed E-state index contributed by atoms with van der Waals surface area (Å²) in [4.78, 5) is 22.1. The quantitative estimate of drug-likeness (QED) is 0.823. The summed E-state index contributed by atoms with van der Waals surface area (Å²) in [6.45, 7) is 7.40. The van der Waals surface area contributed by atoms with Crippen molar-refractivity contribution >= 4 is 29.3 Å². The van der Waals surface area contributed by atoms with Crippen molar-refractivity contribution < 1.29 is 9.59 Å². The first-order valence-electron chi connectivity index (χ1n) is 6.89. The van der Waals surface area contributed by atoms with E-state index in [1.165, 1.54) is 6.92 Å². The highest BCUT2D eigenvalue weighted by Crippen LogP contribution is 2.22. The van der Waals surface area contributed by atoms with Crippen LogP contribution in [0, 0.1) is 6.92 Å². The average Bonchev–Trinajstić information content (AvgIpc) is 2.49. The Balaban J connectivity index is 2.15. The van der Waals surface area contributed by atoms with Gasteiger partial charge in [-0.2, -0.15) is 0 Å². The van der Waals surface area contributed by atoms with Crippen LogP contribution in [0.4, 0.5) is 11.4 Å². The van der Waals surface area contributed by atoms with E-state index >= 15 is 0 Å². The van der Waals surface area contributed by atoms with E-state index in [9.17, 15) is 9.59 Å². The summed E-state index contributed by atoms with van der Waals surface area (Å²) in [5.74, 6) is -0.111. The molecule has 2 aromatic rings. The molecular formula is C18H18N2O2. The van der Waals surface area contributed by atoms with Gasteiger partial charge in [-0.05, 0) is 36.8 Å². The van der Waals surface area contributed by atoms with E-state index in [1.54, 1.807) is 12.1 Å². The third kappa shape index (κ3) is 3.82. The van der Waals surface area contributed by atoms with E-state index in [0.717, 1.165) is 28.8 Å². The number of carbonyl (C=O) groups excluding carboxylic acids is 2. The van der Waals surface area contributed by atoms with Gasteiger partial charge in [-0.1, -0.05) is 30.3 Å². The number of hydrogen-bond acceptors (Lipinski definition) is 3. The molecule has 4 heteroatoms. The number of benzene rings is 2.